The predicted molar refractivity (Wildman–Crippen MR) is 105 cm³/mol. The van der Waals surface area contributed by atoms with Crippen LogP contribution < -0.4 is 5.32 Å². The number of hydrogen-bond acceptors (Lipinski definition) is 3. The zero-order valence-electron chi connectivity index (χ0n) is 16.2. The third kappa shape index (κ3) is 5.21. The number of guanidine groups is 1. The Labute approximate surface area is 157 Å². The first-order valence-electron chi connectivity index (χ1n) is 9.93. The molecule has 2 fully saturated rings. The molecule has 5 nitrogen and oxygen atoms in total. The summed E-state index contributed by atoms with van der Waals surface area (Å²) in [5.74, 6) is 1.45. The molecule has 1 aromatic carbocycles. The van der Waals surface area contributed by atoms with Gasteiger partial charge in [-0.15, -0.1) is 0 Å². The first-order chi connectivity index (χ1) is 12.7. The van der Waals surface area contributed by atoms with Crippen LogP contribution in [0.5, 0.6) is 0 Å². The lowest BCUT2D eigenvalue weighted by molar-refractivity contribution is 0.0944. The van der Waals surface area contributed by atoms with Crippen LogP contribution in [0.2, 0.25) is 0 Å². The molecule has 0 aliphatic carbocycles. The number of nitrogens with zero attached hydrogens (tertiary/aromatic N) is 2. The molecule has 2 unspecified atom stereocenters. The Morgan fingerprint density at radius 3 is 2.92 bits per heavy atom. The molecule has 0 radical (unpaired) electrons. The molecule has 5 heteroatoms. The molecule has 0 bridgehead atoms. The highest BCUT2D eigenvalue weighted by atomic mass is 16.5. The van der Waals surface area contributed by atoms with E-state index < -0.39 is 0 Å². The molecule has 0 amide bonds. The van der Waals surface area contributed by atoms with Crippen molar-refractivity contribution in [1.82, 2.24) is 10.2 Å². The van der Waals surface area contributed by atoms with Crippen molar-refractivity contribution in [2.75, 3.05) is 46.0 Å². The Hall–Kier alpha value is -1.59. The minimum absolute atomic E-state index is 0.362. The fourth-order valence-corrected chi connectivity index (χ4v) is 3.76. The highest BCUT2D eigenvalue weighted by Crippen LogP contribution is 2.38. The van der Waals surface area contributed by atoms with Crippen LogP contribution in [0, 0.1) is 11.3 Å². The van der Waals surface area contributed by atoms with E-state index in [0.29, 0.717) is 17.9 Å². The first-order valence-corrected chi connectivity index (χ1v) is 9.93. The summed E-state index contributed by atoms with van der Waals surface area (Å²) >= 11 is 0. The van der Waals surface area contributed by atoms with Gasteiger partial charge in [0.2, 0.25) is 0 Å². The van der Waals surface area contributed by atoms with Gasteiger partial charge in [0.05, 0.1) is 19.8 Å². The fraction of sp³-hybridized carbons (Fsp3) is 0.667. The number of ether oxygens (including phenoxy) is 2. The van der Waals surface area contributed by atoms with Crippen LogP contribution in [-0.4, -0.2) is 56.9 Å². The topological polar surface area (TPSA) is 46.1 Å². The minimum atomic E-state index is 0.362. The molecule has 26 heavy (non-hydrogen) atoms. The predicted octanol–water partition coefficient (Wildman–Crippen LogP) is 2.92. The van der Waals surface area contributed by atoms with Gasteiger partial charge >= 0.3 is 0 Å². The van der Waals surface area contributed by atoms with E-state index in [-0.39, 0.29) is 0 Å². The molecule has 2 saturated heterocycles. The summed E-state index contributed by atoms with van der Waals surface area (Å²) in [7, 11) is 0. The molecule has 1 N–H and O–H groups in total. The van der Waals surface area contributed by atoms with E-state index in [4.69, 9.17) is 14.5 Å². The number of benzene rings is 1. The summed E-state index contributed by atoms with van der Waals surface area (Å²) < 4.78 is 11.5. The molecule has 3 rings (SSSR count). The number of rotatable bonds is 7. The third-order valence-corrected chi connectivity index (χ3v) is 5.32. The molecule has 144 valence electrons. The number of hydrogen-bond donors (Lipinski definition) is 1. The second kappa shape index (κ2) is 9.38. The van der Waals surface area contributed by atoms with Gasteiger partial charge in [0.25, 0.3) is 0 Å². The second-order valence-electron chi connectivity index (χ2n) is 7.77. The van der Waals surface area contributed by atoms with Gasteiger partial charge in [-0.1, -0.05) is 37.3 Å². The number of nitrogens with one attached hydrogen (secondary N) is 1. The Bertz CT molecular complexity index is 570. The van der Waals surface area contributed by atoms with Crippen molar-refractivity contribution < 1.29 is 9.47 Å². The van der Waals surface area contributed by atoms with Gasteiger partial charge in [-0.2, -0.15) is 0 Å². The van der Waals surface area contributed by atoms with Crippen molar-refractivity contribution in [3.63, 3.8) is 0 Å². The van der Waals surface area contributed by atoms with E-state index in [9.17, 15) is 0 Å². The van der Waals surface area contributed by atoms with Gasteiger partial charge in [0.1, 0.15) is 0 Å². The Balaban J connectivity index is 1.46. The van der Waals surface area contributed by atoms with Crippen LogP contribution in [0.3, 0.4) is 0 Å². The number of likely N-dealkylation sites (tertiary alicyclic amines) is 1. The zero-order chi connectivity index (χ0) is 18.2. The largest absolute Gasteiger partial charge is 0.381 e. The van der Waals surface area contributed by atoms with E-state index in [1.54, 1.807) is 0 Å². The van der Waals surface area contributed by atoms with Crippen molar-refractivity contribution in [1.29, 1.82) is 0 Å². The highest BCUT2D eigenvalue weighted by Gasteiger charge is 2.42. The van der Waals surface area contributed by atoms with Gasteiger partial charge in [0.15, 0.2) is 5.96 Å². The summed E-state index contributed by atoms with van der Waals surface area (Å²) in [6.07, 6.45) is 2.40. The van der Waals surface area contributed by atoms with Crippen LogP contribution in [0.25, 0.3) is 0 Å². The molecule has 2 atom stereocenters. The third-order valence-electron chi connectivity index (χ3n) is 5.32. The molecule has 1 aromatic rings. The van der Waals surface area contributed by atoms with Crippen molar-refractivity contribution in [2.24, 2.45) is 16.3 Å². The maximum absolute atomic E-state index is 5.86. The molecule has 2 aliphatic heterocycles. The van der Waals surface area contributed by atoms with Crippen molar-refractivity contribution in [3.05, 3.63) is 35.9 Å². The quantitative estimate of drug-likeness (QED) is 0.601. The Morgan fingerprint density at radius 2 is 2.19 bits per heavy atom. The molecule has 2 heterocycles. The summed E-state index contributed by atoms with van der Waals surface area (Å²) in [5, 5.41) is 3.46. The SMILES string of the molecule is CCNC(=NCC(C)COCc1ccccc1)N1CCC2(CCOC2)C1. The monoisotopic (exact) mass is 359 g/mol. The van der Waals surface area contributed by atoms with Gasteiger partial charge in [0, 0.05) is 38.2 Å². The number of aliphatic imine (C=N–C) groups is 1. The smallest absolute Gasteiger partial charge is 0.193 e. The van der Waals surface area contributed by atoms with Crippen molar-refractivity contribution in [2.45, 2.75) is 33.3 Å². The van der Waals surface area contributed by atoms with E-state index in [1.165, 1.54) is 18.4 Å². The maximum atomic E-state index is 5.86. The minimum Gasteiger partial charge on any atom is -0.381 e. The normalized spacial score (nSPS) is 24.4. The highest BCUT2D eigenvalue weighted by molar-refractivity contribution is 5.80. The van der Waals surface area contributed by atoms with E-state index in [1.807, 2.05) is 18.2 Å². The molecule has 0 aromatic heterocycles. The van der Waals surface area contributed by atoms with Crippen molar-refractivity contribution >= 4 is 5.96 Å². The fourth-order valence-electron chi connectivity index (χ4n) is 3.76. The lowest BCUT2D eigenvalue weighted by Gasteiger charge is -2.25. The van der Waals surface area contributed by atoms with Crippen LogP contribution in [0.15, 0.2) is 35.3 Å². The average molecular weight is 360 g/mol. The molecule has 1 spiro atoms. The van der Waals surface area contributed by atoms with E-state index in [2.05, 4.69) is 36.2 Å². The van der Waals surface area contributed by atoms with Crippen LogP contribution in [0.1, 0.15) is 32.3 Å². The van der Waals surface area contributed by atoms with Gasteiger partial charge in [-0.05, 0) is 31.2 Å². The molecule has 0 saturated carbocycles. The van der Waals surface area contributed by atoms with Crippen LogP contribution >= 0.6 is 0 Å². The van der Waals surface area contributed by atoms with Crippen molar-refractivity contribution in [3.8, 4) is 0 Å². The van der Waals surface area contributed by atoms with Crippen LogP contribution in [0.4, 0.5) is 0 Å². The van der Waals surface area contributed by atoms with Gasteiger partial charge in [-0.25, -0.2) is 0 Å². The van der Waals surface area contributed by atoms with E-state index >= 15 is 0 Å². The summed E-state index contributed by atoms with van der Waals surface area (Å²) in [4.78, 5) is 7.30. The van der Waals surface area contributed by atoms with Gasteiger partial charge < -0.3 is 19.7 Å². The summed E-state index contributed by atoms with van der Waals surface area (Å²) in [6, 6.07) is 10.3. The molecular weight excluding hydrogens is 326 g/mol. The Kier molecular flexibility index (Phi) is 6.92. The lowest BCUT2D eigenvalue weighted by Crippen LogP contribution is -2.41. The maximum Gasteiger partial charge on any atom is 0.193 e. The first kappa shape index (κ1) is 19.2. The zero-order valence-corrected chi connectivity index (χ0v) is 16.2. The summed E-state index contributed by atoms with van der Waals surface area (Å²) in [5.41, 5.74) is 1.58. The van der Waals surface area contributed by atoms with Crippen LogP contribution in [-0.2, 0) is 16.1 Å². The van der Waals surface area contributed by atoms with E-state index in [0.717, 1.165) is 52.0 Å². The standard InChI is InChI=1S/C21H33N3O2/c1-3-22-20(24-11-9-21(16-24)10-12-25-17-21)23-13-18(2)14-26-15-19-7-5-4-6-8-19/h4-8,18H,3,9-17H2,1-2H3,(H,22,23). The Morgan fingerprint density at radius 1 is 1.35 bits per heavy atom. The lowest BCUT2D eigenvalue weighted by atomic mass is 9.87. The summed E-state index contributed by atoms with van der Waals surface area (Å²) in [6.45, 7) is 11.4. The second-order valence-corrected chi connectivity index (χ2v) is 7.77. The van der Waals surface area contributed by atoms with Gasteiger partial charge in [-0.3, -0.25) is 4.99 Å². The average Bonchev–Trinajstić information content (AvgIpc) is 3.30. The molecular formula is C21H33N3O2. The molecule has 2 aliphatic rings.